The Morgan fingerprint density at radius 3 is 2.79 bits per heavy atom. The van der Waals surface area contributed by atoms with Crippen molar-refractivity contribution in [1.29, 1.82) is 0 Å². The Morgan fingerprint density at radius 2 is 2.03 bits per heavy atom. The Labute approximate surface area is 189 Å². The average molecular weight is 471 g/mol. The number of aromatic amines is 1. The summed E-state index contributed by atoms with van der Waals surface area (Å²) in [5.41, 5.74) is 1.98. The quantitative estimate of drug-likeness (QED) is 0.394. The third kappa shape index (κ3) is 3.77. The number of aliphatic hydroxyl groups excluding tert-OH is 1. The number of fused-ring (bicyclic) bond motifs is 2. The van der Waals surface area contributed by atoms with E-state index in [4.69, 9.17) is 0 Å². The molecule has 1 aromatic carbocycles. The van der Waals surface area contributed by atoms with E-state index in [9.17, 15) is 27.9 Å². The van der Waals surface area contributed by atoms with Crippen molar-refractivity contribution in [2.24, 2.45) is 0 Å². The van der Waals surface area contributed by atoms with Gasteiger partial charge < -0.3 is 20.1 Å². The summed E-state index contributed by atoms with van der Waals surface area (Å²) in [5.74, 6) is -3.91. The van der Waals surface area contributed by atoms with Crippen LogP contribution in [0.15, 0.2) is 48.8 Å². The zero-order chi connectivity index (χ0) is 24.0. The first-order chi connectivity index (χ1) is 16.2. The number of amides is 1. The molecule has 34 heavy (non-hydrogen) atoms. The second-order valence-electron chi connectivity index (χ2n) is 7.66. The average Bonchev–Trinajstić information content (AvgIpc) is 3.42. The van der Waals surface area contributed by atoms with Crippen LogP contribution in [-0.2, 0) is 11.3 Å². The summed E-state index contributed by atoms with van der Waals surface area (Å²) in [6.07, 6.45) is -2.05. The predicted molar refractivity (Wildman–Crippen MR) is 113 cm³/mol. The Kier molecular flexibility index (Phi) is 5.09. The van der Waals surface area contributed by atoms with Crippen molar-refractivity contribution in [3.05, 3.63) is 54.5 Å². The third-order valence-electron chi connectivity index (χ3n) is 5.38. The molecule has 5 rings (SSSR count). The van der Waals surface area contributed by atoms with Gasteiger partial charge in [0.15, 0.2) is 11.4 Å². The first kappa shape index (κ1) is 21.6. The number of nitrogens with zero attached hydrogens (tertiary/aromatic N) is 3. The van der Waals surface area contributed by atoms with Crippen LogP contribution in [0.2, 0.25) is 0 Å². The summed E-state index contributed by atoms with van der Waals surface area (Å²) in [6, 6.07) is 9.84. The first-order valence-corrected chi connectivity index (χ1v) is 10.1. The predicted octanol–water partition coefficient (Wildman–Crippen LogP) is 2.67. The van der Waals surface area contributed by atoms with Crippen LogP contribution in [0.4, 0.5) is 13.2 Å². The van der Waals surface area contributed by atoms with Crippen LogP contribution < -0.4 is 10.1 Å². The van der Waals surface area contributed by atoms with Crippen LogP contribution in [0.1, 0.15) is 10.5 Å². The molecule has 174 valence electrons. The highest BCUT2D eigenvalue weighted by atomic mass is 19.4. The van der Waals surface area contributed by atoms with Gasteiger partial charge in [-0.2, -0.15) is 18.3 Å². The van der Waals surface area contributed by atoms with Gasteiger partial charge in [0.1, 0.15) is 5.69 Å². The molecule has 1 atom stereocenters. The molecule has 3 N–H and O–H groups in total. The van der Waals surface area contributed by atoms with Crippen molar-refractivity contribution in [3.63, 3.8) is 0 Å². The number of benzene rings is 1. The summed E-state index contributed by atoms with van der Waals surface area (Å²) in [4.78, 5) is 31.6. The van der Waals surface area contributed by atoms with Crippen molar-refractivity contribution in [3.8, 4) is 28.3 Å². The molecule has 4 heterocycles. The molecule has 0 radical (unpaired) electrons. The second kappa shape index (κ2) is 7.99. The molecular formula is C22H16F3N5O4. The number of ether oxygens (including phenoxy) is 1. The van der Waals surface area contributed by atoms with Crippen molar-refractivity contribution in [2.75, 3.05) is 6.61 Å². The fourth-order valence-corrected chi connectivity index (χ4v) is 3.79. The molecule has 1 unspecified atom stereocenters. The highest BCUT2D eigenvalue weighted by Crippen LogP contribution is 2.37. The summed E-state index contributed by atoms with van der Waals surface area (Å²) in [5, 5.41) is 17.0. The highest BCUT2D eigenvalue weighted by molar-refractivity contribution is 5.99. The maximum atomic E-state index is 13.0. The van der Waals surface area contributed by atoms with E-state index in [0.717, 1.165) is 21.1 Å². The van der Waals surface area contributed by atoms with Gasteiger partial charge in [-0.15, -0.1) is 0 Å². The molecule has 0 fully saturated rings. The van der Waals surface area contributed by atoms with Crippen LogP contribution in [-0.4, -0.2) is 55.6 Å². The van der Waals surface area contributed by atoms with Crippen molar-refractivity contribution in [2.45, 2.75) is 18.8 Å². The standard InChI is InChI=1S/C22H16F3N5O4/c23-22(24,25)21(33)34-19-17(29-30-9-14(10-31)28-20(32)18(19)30)13-4-6-27-16(8-13)11-1-2-15-12(7-11)3-5-26-15/h1-8,14,26,31H,9-10H2,(H,28,32). The van der Waals surface area contributed by atoms with Crippen molar-refractivity contribution < 1.29 is 32.6 Å². The molecule has 0 saturated heterocycles. The van der Waals surface area contributed by atoms with Crippen LogP contribution in [0.25, 0.3) is 33.4 Å². The number of esters is 1. The minimum absolute atomic E-state index is 0.0176. The van der Waals surface area contributed by atoms with Crippen molar-refractivity contribution in [1.82, 2.24) is 25.1 Å². The molecule has 1 aliphatic heterocycles. The van der Waals surface area contributed by atoms with E-state index in [1.54, 1.807) is 12.3 Å². The lowest BCUT2D eigenvalue weighted by molar-refractivity contribution is -0.189. The normalized spacial score (nSPS) is 15.8. The Hall–Kier alpha value is -4.19. The van der Waals surface area contributed by atoms with Gasteiger partial charge in [-0.1, -0.05) is 6.07 Å². The molecule has 0 aliphatic carbocycles. The van der Waals surface area contributed by atoms with Crippen LogP contribution in [0, 0.1) is 0 Å². The van der Waals surface area contributed by atoms with Crippen LogP contribution in [0.5, 0.6) is 5.75 Å². The lowest BCUT2D eigenvalue weighted by Crippen LogP contribution is -2.46. The van der Waals surface area contributed by atoms with Gasteiger partial charge in [0.2, 0.25) is 0 Å². The van der Waals surface area contributed by atoms with E-state index < -0.39 is 36.5 Å². The van der Waals surface area contributed by atoms with E-state index in [1.165, 1.54) is 12.3 Å². The molecule has 3 aromatic heterocycles. The van der Waals surface area contributed by atoms with Gasteiger partial charge in [-0.25, -0.2) is 4.79 Å². The molecule has 0 spiro atoms. The number of H-pyrrole nitrogens is 1. The molecule has 1 amide bonds. The van der Waals surface area contributed by atoms with Gasteiger partial charge >= 0.3 is 12.1 Å². The number of hydrogen-bond acceptors (Lipinski definition) is 6. The Morgan fingerprint density at radius 1 is 1.21 bits per heavy atom. The largest absolute Gasteiger partial charge is 0.491 e. The van der Waals surface area contributed by atoms with Gasteiger partial charge in [0, 0.05) is 34.4 Å². The number of nitrogens with one attached hydrogen (secondary N) is 2. The molecule has 1 aliphatic rings. The SMILES string of the molecule is O=C1NC(CO)Cn2nc(-c3ccnc(-c4ccc5[nH]ccc5c4)c3)c(OC(=O)C(F)(F)F)c21. The molecule has 12 heteroatoms. The zero-order valence-corrected chi connectivity index (χ0v) is 17.3. The molecule has 0 bridgehead atoms. The minimum atomic E-state index is -5.28. The number of aliphatic hydroxyl groups is 1. The Bertz CT molecular complexity index is 1430. The smallest absolute Gasteiger partial charge is 0.415 e. The fourth-order valence-electron chi connectivity index (χ4n) is 3.79. The minimum Gasteiger partial charge on any atom is -0.415 e. The zero-order valence-electron chi connectivity index (χ0n) is 17.3. The summed E-state index contributed by atoms with van der Waals surface area (Å²) < 4.78 is 44.6. The lowest BCUT2D eigenvalue weighted by Gasteiger charge is -2.23. The van der Waals surface area contributed by atoms with Gasteiger partial charge in [0.05, 0.1) is 24.9 Å². The van der Waals surface area contributed by atoms with Gasteiger partial charge in [-0.3, -0.25) is 14.5 Å². The highest BCUT2D eigenvalue weighted by Gasteiger charge is 2.44. The van der Waals surface area contributed by atoms with Gasteiger partial charge in [-0.05, 0) is 30.3 Å². The molecule has 0 saturated carbocycles. The number of halogens is 3. The van der Waals surface area contributed by atoms with E-state index >= 15 is 0 Å². The number of hydrogen-bond donors (Lipinski definition) is 3. The molecule has 9 nitrogen and oxygen atoms in total. The van der Waals surface area contributed by atoms with Crippen LogP contribution >= 0.6 is 0 Å². The number of carbonyl (C=O) groups is 2. The number of pyridine rings is 1. The summed E-state index contributed by atoms with van der Waals surface area (Å²) >= 11 is 0. The first-order valence-electron chi connectivity index (χ1n) is 10.1. The fraction of sp³-hybridized carbons (Fsp3) is 0.182. The number of alkyl halides is 3. The monoisotopic (exact) mass is 471 g/mol. The number of rotatable bonds is 4. The third-order valence-corrected chi connectivity index (χ3v) is 5.38. The topological polar surface area (TPSA) is 122 Å². The van der Waals surface area contributed by atoms with Crippen molar-refractivity contribution >= 4 is 22.8 Å². The lowest BCUT2D eigenvalue weighted by atomic mass is 10.1. The van der Waals surface area contributed by atoms with E-state index in [2.05, 4.69) is 25.1 Å². The maximum absolute atomic E-state index is 13.0. The van der Waals surface area contributed by atoms with E-state index in [1.807, 2.05) is 24.3 Å². The van der Waals surface area contributed by atoms with Gasteiger partial charge in [0.25, 0.3) is 5.91 Å². The number of aromatic nitrogens is 4. The molecular weight excluding hydrogens is 455 g/mol. The molecule has 4 aromatic rings. The van der Waals surface area contributed by atoms with Crippen LogP contribution in [0.3, 0.4) is 0 Å². The maximum Gasteiger partial charge on any atom is 0.491 e. The summed E-state index contributed by atoms with van der Waals surface area (Å²) in [6.45, 7) is -0.421. The van der Waals surface area contributed by atoms with E-state index in [0.29, 0.717) is 11.3 Å². The summed E-state index contributed by atoms with van der Waals surface area (Å²) in [7, 11) is 0. The number of carbonyl (C=O) groups excluding carboxylic acids is 2. The second-order valence-corrected chi connectivity index (χ2v) is 7.66. The Balaban J connectivity index is 1.62. The van der Waals surface area contributed by atoms with E-state index in [-0.39, 0.29) is 17.9 Å².